The molecule has 1 aromatic carbocycles. The fourth-order valence-electron chi connectivity index (χ4n) is 4.33. The highest BCUT2D eigenvalue weighted by Crippen LogP contribution is 2.23. The Hall–Kier alpha value is -3.20. The molecule has 0 saturated carbocycles. The monoisotopic (exact) mass is 440 g/mol. The lowest BCUT2D eigenvalue weighted by Gasteiger charge is -2.18. The number of imidazole rings is 1. The number of aryl methyl sites for hydroxylation is 2. The Labute approximate surface area is 185 Å². The first-order valence-electron chi connectivity index (χ1n) is 10.9. The minimum absolute atomic E-state index is 0.150. The van der Waals surface area contributed by atoms with Gasteiger partial charge in [0.2, 0.25) is 0 Å². The van der Waals surface area contributed by atoms with E-state index < -0.39 is 23.3 Å². The Balaban J connectivity index is 2.03. The van der Waals surface area contributed by atoms with Crippen LogP contribution in [0.5, 0.6) is 0 Å². The van der Waals surface area contributed by atoms with Crippen LogP contribution in [-0.2, 0) is 20.8 Å². The smallest absolute Gasteiger partial charge is 0.337 e. The molecule has 3 heterocycles. The molecule has 0 N–H and O–H groups in total. The summed E-state index contributed by atoms with van der Waals surface area (Å²) in [5.74, 6) is -0.471. The highest BCUT2D eigenvalue weighted by atomic mass is 16.5. The Kier molecular flexibility index (Phi) is 6.01. The molecule has 0 amide bonds. The van der Waals surface area contributed by atoms with Gasteiger partial charge in [-0.1, -0.05) is 18.2 Å². The van der Waals surface area contributed by atoms with Crippen LogP contribution < -0.4 is 11.2 Å². The maximum atomic E-state index is 13.6. The molecular weight excluding hydrogens is 412 g/mol. The van der Waals surface area contributed by atoms with E-state index in [-0.39, 0.29) is 30.4 Å². The van der Waals surface area contributed by atoms with Gasteiger partial charge in [0.25, 0.3) is 5.56 Å². The standard InChI is InChI=1S/C23H28N4O5/c1-5-31-22(29)16(4)26-13-24-20-19(26)21(28)25(12-17-10-7-11-32-17)23(30)27(20)18-14(2)8-6-9-15(18)3/h6,8-9,13,16-17H,5,7,10-12H2,1-4H3/t16-,17-/m0/s1. The number of hydrogen-bond acceptors (Lipinski definition) is 6. The van der Waals surface area contributed by atoms with Crippen molar-refractivity contribution in [3.63, 3.8) is 0 Å². The molecule has 9 nitrogen and oxygen atoms in total. The van der Waals surface area contributed by atoms with Gasteiger partial charge in [0, 0.05) is 6.61 Å². The summed E-state index contributed by atoms with van der Waals surface area (Å²) in [5, 5.41) is 0. The second kappa shape index (κ2) is 8.74. The van der Waals surface area contributed by atoms with Gasteiger partial charge < -0.3 is 14.0 Å². The molecule has 32 heavy (non-hydrogen) atoms. The summed E-state index contributed by atoms with van der Waals surface area (Å²) in [6.45, 7) is 8.19. The molecule has 0 unspecified atom stereocenters. The van der Waals surface area contributed by atoms with Crippen LogP contribution >= 0.6 is 0 Å². The van der Waals surface area contributed by atoms with Crippen molar-refractivity contribution >= 4 is 17.1 Å². The van der Waals surface area contributed by atoms with E-state index in [1.54, 1.807) is 13.8 Å². The summed E-state index contributed by atoms with van der Waals surface area (Å²) in [7, 11) is 0. The minimum Gasteiger partial charge on any atom is -0.464 e. The summed E-state index contributed by atoms with van der Waals surface area (Å²) in [6, 6.07) is 4.97. The topological polar surface area (TPSA) is 97.4 Å². The average Bonchev–Trinajstić information content (AvgIpc) is 3.43. The Morgan fingerprint density at radius 2 is 2.00 bits per heavy atom. The fraction of sp³-hybridized carbons (Fsp3) is 0.478. The molecule has 4 rings (SSSR count). The average molecular weight is 441 g/mol. The molecule has 0 spiro atoms. The van der Waals surface area contributed by atoms with E-state index in [0.29, 0.717) is 12.3 Å². The first-order valence-corrected chi connectivity index (χ1v) is 10.9. The molecule has 2 aromatic heterocycles. The molecule has 2 atom stereocenters. The largest absolute Gasteiger partial charge is 0.464 e. The molecule has 0 radical (unpaired) electrons. The number of carbonyl (C=O) groups excluding carboxylic acids is 1. The van der Waals surface area contributed by atoms with Crippen LogP contribution in [0.25, 0.3) is 16.9 Å². The van der Waals surface area contributed by atoms with Crippen LogP contribution in [0.3, 0.4) is 0 Å². The van der Waals surface area contributed by atoms with Crippen molar-refractivity contribution in [3.8, 4) is 5.69 Å². The van der Waals surface area contributed by atoms with E-state index in [0.717, 1.165) is 24.0 Å². The van der Waals surface area contributed by atoms with E-state index in [1.165, 1.54) is 20.0 Å². The summed E-state index contributed by atoms with van der Waals surface area (Å²) in [6.07, 6.45) is 2.90. The zero-order valence-corrected chi connectivity index (χ0v) is 18.8. The predicted molar refractivity (Wildman–Crippen MR) is 119 cm³/mol. The van der Waals surface area contributed by atoms with Gasteiger partial charge in [-0.2, -0.15) is 0 Å². The molecule has 0 bridgehead atoms. The third-order valence-corrected chi connectivity index (χ3v) is 5.97. The van der Waals surface area contributed by atoms with E-state index in [1.807, 2.05) is 32.0 Å². The molecule has 9 heteroatoms. The maximum Gasteiger partial charge on any atom is 0.337 e. The first-order chi connectivity index (χ1) is 15.3. The number of hydrogen-bond donors (Lipinski definition) is 0. The third kappa shape index (κ3) is 3.66. The van der Waals surface area contributed by atoms with Gasteiger partial charge in [-0.3, -0.25) is 9.36 Å². The highest BCUT2D eigenvalue weighted by Gasteiger charge is 2.27. The second-order valence-electron chi connectivity index (χ2n) is 8.16. The maximum absolute atomic E-state index is 13.6. The van der Waals surface area contributed by atoms with E-state index in [2.05, 4.69) is 4.98 Å². The Bertz CT molecular complexity index is 1260. The van der Waals surface area contributed by atoms with Crippen molar-refractivity contribution in [2.24, 2.45) is 0 Å². The Morgan fingerprint density at radius 3 is 2.62 bits per heavy atom. The number of benzene rings is 1. The number of aromatic nitrogens is 4. The molecule has 170 valence electrons. The lowest BCUT2D eigenvalue weighted by Crippen LogP contribution is -2.43. The van der Waals surface area contributed by atoms with Crippen molar-refractivity contribution < 1.29 is 14.3 Å². The second-order valence-corrected chi connectivity index (χ2v) is 8.16. The molecule has 3 aromatic rings. The van der Waals surface area contributed by atoms with Crippen molar-refractivity contribution in [2.45, 2.75) is 59.2 Å². The number of nitrogens with zero attached hydrogens (tertiary/aromatic N) is 4. The van der Waals surface area contributed by atoms with Gasteiger partial charge in [-0.05, 0) is 51.7 Å². The normalized spacial score (nSPS) is 17.1. The summed E-state index contributed by atoms with van der Waals surface area (Å²) >= 11 is 0. The van der Waals surface area contributed by atoms with Crippen molar-refractivity contribution in [1.29, 1.82) is 0 Å². The summed E-state index contributed by atoms with van der Waals surface area (Å²) in [4.78, 5) is 44.0. The van der Waals surface area contributed by atoms with Crippen LogP contribution in [-0.4, -0.2) is 44.0 Å². The molecule has 0 aliphatic carbocycles. The minimum atomic E-state index is -0.771. The summed E-state index contributed by atoms with van der Waals surface area (Å²) in [5.41, 5.74) is 1.88. The van der Waals surface area contributed by atoms with Crippen LogP contribution in [0, 0.1) is 13.8 Å². The lowest BCUT2D eigenvalue weighted by atomic mass is 10.1. The van der Waals surface area contributed by atoms with Crippen molar-refractivity contribution in [2.75, 3.05) is 13.2 Å². The quantitative estimate of drug-likeness (QED) is 0.546. The molecule has 1 aliphatic heterocycles. The molecule has 1 aliphatic rings. The summed E-state index contributed by atoms with van der Waals surface area (Å²) < 4.78 is 15.0. The predicted octanol–water partition coefficient (Wildman–Crippen LogP) is 2.27. The van der Waals surface area contributed by atoms with Gasteiger partial charge in [-0.15, -0.1) is 0 Å². The Morgan fingerprint density at radius 1 is 1.28 bits per heavy atom. The van der Waals surface area contributed by atoms with Gasteiger partial charge in [0.15, 0.2) is 11.2 Å². The first kappa shape index (κ1) is 22.0. The van der Waals surface area contributed by atoms with Gasteiger partial charge in [0.1, 0.15) is 6.04 Å². The van der Waals surface area contributed by atoms with E-state index in [9.17, 15) is 14.4 Å². The molecular formula is C23H28N4O5. The third-order valence-electron chi connectivity index (χ3n) is 5.97. The zero-order valence-electron chi connectivity index (χ0n) is 18.8. The van der Waals surface area contributed by atoms with Crippen molar-refractivity contribution in [1.82, 2.24) is 18.7 Å². The van der Waals surface area contributed by atoms with E-state index >= 15 is 0 Å². The van der Waals surface area contributed by atoms with Gasteiger partial charge in [0.05, 0.1) is 31.3 Å². The fourth-order valence-corrected chi connectivity index (χ4v) is 4.33. The van der Waals surface area contributed by atoms with Crippen LogP contribution in [0.15, 0.2) is 34.1 Å². The van der Waals surface area contributed by atoms with Crippen molar-refractivity contribution in [3.05, 3.63) is 56.5 Å². The number of para-hydroxylation sites is 1. The SMILES string of the molecule is CCOC(=O)[C@H](C)n1cnc2c1c(=O)n(C[C@@H]1CCCO1)c(=O)n2-c1c(C)cccc1C. The number of carbonyl (C=O) groups is 1. The van der Waals surface area contributed by atoms with E-state index in [4.69, 9.17) is 9.47 Å². The number of ether oxygens (including phenoxy) is 2. The molecule has 1 fully saturated rings. The van der Waals surface area contributed by atoms with Crippen LogP contribution in [0.4, 0.5) is 0 Å². The van der Waals surface area contributed by atoms with Gasteiger partial charge >= 0.3 is 11.7 Å². The number of esters is 1. The zero-order chi connectivity index (χ0) is 23.0. The lowest BCUT2D eigenvalue weighted by molar-refractivity contribution is -0.146. The highest BCUT2D eigenvalue weighted by molar-refractivity contribution is 5.79. The molecule has 1 saturated heterocycles. The van der Waals surface area contributed by atoms with Crippen LogP contribution in [0.1, 0.15) is 43.9 Å². The number of fused-ring (bicyclic) bond motifs is 1. The van der Waals surface area contributed by atoms with Crippen LogP contribution in [0.2, 0.25) is 0 Å². The van der Waals surface area contributed by atoms with Gasteiger partial charge in [-0.25, -0.2) is 19.1 Å². The number of rotatable bonds is 6.